The molecule has 0 spiro atoms. The molecule has 0 heterocycles. The Hall–Kier alpha value is -2.36. The van der Waals surface area contributed by atoms with Gasteiger partial charge in [0.1, 0.15) is 0 Å². The minimum absolute atomic E-state index is 0.773. The largest absolute Gasteiger partial charge is 0.311 e. The maximum atomic E-state index is 3.57. The van der Waals surface area contributed by atoms with Crippen LogP contribution in [0, 0.1) is 0 Å². The smallest absolute Gasteiger partial charge is 0.0462 e. The lowest BCUT2D eigenvalue weighted by Gasteiger charge is -2.38. The Morgan fingerprint density at radius 3 is 1.42 bits per heavy atom. The first kappa shape index (κ1) is 21.2. The standard InChI is InChI=1S/C30H25Br2N/c31-24-8-14-27(15-9-24)33(28-16-10-25(32)11-17-28)26-12-5-20(6-13-26)23-7-18-29-21-1-3-22(4-2-21)30(29)19-23/h5-19,21-22H,1-4H2. The zero-order valence-electron chi connectivity index (χ0n) is 18.3. The van der Waals surface area contributed by atoms with E-state index >= 15 is 0 Å². The molecule has 3 aliphatic rings. The molecule has 164 valence electrons. The van der Waals surface area contributed by atoms with Crippen LogP contribution in [0.25, 0.3) is 11.1 Å². The van der Waals surface area contributed by atoms with Crippen molar-refractivity contribution in [2.75, 3.05) is 4.90 Å². The van der Waals surface area contributed by atoms with E-state index in [-0.39, 0.29) is 0 Å². The van der Waals surface area contributed by atoms with Crippen molar-refractivity contribution in [3.05, 3.63) is 111 Å². The van der Waals surface area contributed by atoms with E-state index in [1.807, 2.05) is 0 Å². The van der Waals surface area contributed by atoms with Gasteiger partial charge in [0.05, 0.1) is 0 Å². The second-order valence-corrected chi connectivity index (χ2v) is 11.1. The Labute approximate surface area is 212 Å². The second kappa shape index (κ2) is 8.77. The number of hydrogen-bond donors (Lipinski definition) is 0. The lowest BCUT2D eigenvalue weighted by molar-refractivity contribution is 0.359. The summed E-state index contributed by atoms with van der Waals surface area (Å²) in [5.74, 6) is 1.57. The summed E-state index contributed by atoms with van der Waals surface area (Å²) >= 11 is 7.13. The molecule has 0 aromatic heterocycles. The van der Waals surface area contributed by atoms with Crippen molar-refractivity contribution >= 4 is 48.9 Å². The lowest BCUT2D eigenvalue weighted by Crippen LogP contribution is -2.21. The average Bonchev–Trinajstić information content (AvgIpc) is 2.87. The topological polar surface area (TPSA) is 3.24 Å². The summed E-state index contributed by atoms with van der Waals surface area (Å²) in [6.45, 7) is 0. The molecule has 3 aliphatic carbocycles. The molecule has 4 aromatic carbocycles. The third kappa shape index (κ3) is 4.06. The third-order valence-corrected chi connectivity index (χ3v) is 8.38. The summed E-state index contributed by atoms with van der Waals surface area (Å²) in [4.78, 5) is 2.30. The fourth-order valence-corrected chi connectivity index (χ4v) is 6.15. The molecule has 1 fully saturated rings. The van der Waals surface area contributed by atoms with Crippen molar-refractivity contribution in [1.29, 1.82) is 0 Å². The van der Waals surface area contributed by atoms with Crippen LogP contribution in [0.4, 0.5) is 17.1 Å². The maximum absolute atomic E-state index is 3.57. The summed E-state index contributed by atoms with van der Waals surface area (Å²) in [5.41, 5.74) is 9.29. The van der Waals surface area contributed by atoms with E-state index in [1.165, 1.54) is 36.8 Å². The summed E-state index contributed by atoms with van der Waals surface area (Å²) in [5, 5.41) is 0. The van der Waals surface area contributed by atoms with Gasteiger partial charge in [0.15, 0.2) is 0 Å². The molecular weight excluding hydrogens is 534 g/mol. The first-order chi connectivity index (χ1) is 16.2. The van der Waals surface area contributed by atoms with Crippen LogP contribution in [0.3, 0.4) is 0 Å². The molecule has 0 amide bonds. The van der Waals surface area contributed by atoms with Crippen molar-refractivity contribution in [1.82, 2.24) is 0 Å². The maximum Gasteiger partial charge on any atom is 0.0462 e. The van der Waals surface area contributed by atoms with Gasteiger partial charge < -0.3 is 4.90 Å². The molecule has 4 aromatic rings. The molecular formula is C30H25Br2N. The van der Waals surface area contributed by atoms with Crippen LogP contribution in [0.15, 0.2) is 99.9 Å². The monoisotopic (exact) mass is 557 g/mol. The minimum atomic E-state index is 0.773. The predicted octanol–water partition coefficient (Wildman–Crippen LogP) is 10.1. The van der Waals surface area contributed by atoms with Crippen molar-refractivity contribution in [2.45, 2.75) is 37.5 Å². The third-order valence-electron chi connectivity index (χ3n) is 7.32. The lowest BCUT2D eigenvalue weighted by atomic mass is 9.66. The summed E-state index contributed by atoms with van der Waals surface area (Å²) in [7, 11) is 0. The average molecular weight is 559 g/mol. The highest BCUT2D eigenvalue weighted by Crippen LogP contribution is 2.50. The van der Waals surface area contributed by atoms with Gasteiger partial charge in [0, 0.05) is 26.0 Å². The highest BCUT2D eigenvalue weighted by atomic mass is 79.9. The highest BCUT2D eigenvalue weighted by Gasteiger charge is 2.32. The molecule has 0 atom stereocenters. The normalized spacial score (nSPS) is 18.7. The summed E-state index contributed by atoms with van der Waals surface area (Å²) in [6.07, 6.45) is 5.51. The highest BCUT2D eigenvalue weighted by molar-refractivity contribution is 9.10. The Morgan fingerprint density at radius 1 is 0.485 bits per heavy atom. The van der Waals surface area contributed by atoms with Gasteiger partial charge in [-0.2, -0.15) is 0 Å². The molecule has 7 rings (SSSR count). The van der Waals surface area contributed by atoms with Gasteiger partial charge in [-0.1, -0.05) is 62.2 Å². The Balaban J connectivity index is 1.36. The number of nitrogens with zero attached hydrogens (tertiary/aromatic N) is 1. The molecule has 3 heteroatoms. The van der Waals surface area contributed by atoms with Crippen LogP contribution in [-0.4, -0.2) is 0 Å². The first-order valence-electron chi connectivity index (χ1n) is 11.7. The molecule has 0 aliphatic heterocycles. The van der Waals surface area contributed by atoms with E-state index in [2.05, 4.69) is 128 Å². The zero-order chi connectivity index (χ0) is 22.4. The molecule has 2 bridgehead atoms. The molecule has 0 radical (unpaired) electrons. The predicted molar refractivity (Wildman–Crippen MR) is 146 cm³/mol. The van der Waals surface area contributed by atoms with Gasteiger partial charge in [-0.15, -0.1) is 0 Å². The Kier molecular flexibility index (Phi) is 5.63. The van der Waals surface area contributed by atoms with Crippen LogP contribution < -0.4 is 4.90 Å². The van der Waals surface area contributed by atoms with E-state index in [4.69, 9.17) is 0 Å². The number of benzene rings is 4. The SMILES string of the molecule is Brc1ccc(N(c2ccc(Br)cc2)c2ccc(-c3ccc4c(c3)C3CCC4CC3)cc2)cc1. The molecule has 0 saturated heterocycles. The van der Waals surface area contributed by atoms with Crippen molar-refractivity contribution in [2.24, 2.45) is 0 Å². The van der Waals surface area contributed by atoms with Crippen LogP contribution >= 0.6 is 31.9 Å². The fourth-order valence-electron chi connectivity index (χ4n) is 5.63. The van der Waals surface area contributed by atoms with E-state index in [0.717, 1.165) is 37.8 Å². The van der Waals surface area contributed by atoms with Crippen molar-refractivity contribution in [3.8, 4) is 11.1 Å². The van der Waals surface area contributed by atoms with Gasteiger partial charge in [-0.25, -0.2) is 0 Å². The van der Waals surface area contributed by atoms with Crippen molar-refractivity contribution < 1.29 is 0 Å². The molecule has 0 N–H and O–H groups in total. The van der Waals surface area contributed by atoms with Crippen LogP contribution in [-0.2, 0) is 0 Å². The van der Waals surface area contributed by atoms with Gasteiger partial charge in [-0.05, 0) is 120 Å². The van der Waals surface area contributed by atoms with Crippen LogP contribution in [0.1, 0.15) is 48.6 Å². The Bertz CT molecular complexity index is 1220. The summed E-state index contributed by atoms with van der Waals surface area (Å²) in [6, 6.07) is 33.2. The van der Waals surface area contributed by atoms with Gasteiger partial charge in [0.2, 0.25) is 0 Å². The fraction of sp³-hybridized carbons (Fsp3) is 0.200. The quantitative estimate of drug-likeness (QED) is 0.241. The number of hydrogen-bond acceptors (Lipinski definition) is 1. The van der Waals surface area contributed by atoms with E-state index in [1.54, 1.807) is 11.1 Å². The van der Waals surface area contributed by atoms with Crippen LogP contribution in [0.2, 0.25) is 0 Å². The second-order valence-electron chi connectivity index (χ2n) is 9.23. The number of anilines is 3. The minimum Gasteiger partial charge on any atom is -0.311 e. The zero-order valence-corrected chi connectivity index (χ0v) is 21.5. The van der Waals surface area contributed by atoms with Gasteiger partial charge >= 0.3 is 0 Å². The molecule has 1 nitrogen and oxygen atoms in total. The first-order valence-corrected chi connectivity index (χ1v) is 13.3. The summed E-state index contributed by atoms with van der Waals surface area (Å²) < 4.78 is 2.16. The van der Waals surface area contributed by atoms with E-state index < -0.39 is 0 Å². The van der Waals surface area contributed by atoms with Crippen LogP contribution in [0.5, 0.6) is 0 Å². The molecule has 0 unspecified atom stereocenters. The van der Waals surface area contributed by atoms with Gasteiger partial charge in [-0.3, -0.25) is 0 Å². The number of halogens is 2. The van der Waals surface area contributed by atoms with Gasteiger partial charge in [0.25, 0.3) is 0 Å². The number of rotatable bonds is 4. The number of fused-ring (bicyclic) bond motifs is 2. The van der Waals surface area contributed by atoms with Crippen molar-refractivity contribution in [3.63, 3.8) is 0 Å². The van der Waals surface area contributed by atoms with E-state index in [9.17, 15) is 0 Å². The molecule has 33 heavy (non-hydrogen) atoms. The van der Waals surface area contributed by atoms with E-state index in [0.29, 0.717) is 0 Å². The molecule has 1 saturated carbocycles. The Morgan fingerprint density at radius 2 is 0.909 bits per heavy atom.